The van der Waals surface area contributed by atoms with Crippen molar-refractivity contribution in [1.29, 1.82) is 0 Å². The van der Waals surface area contributed by atoms with E-state index in [0.29, 0.717) is 6.42 Å². The van der Waals surface area contributed by atoms with Gasteiger partial charge in [-0.05, 0) is 36.5 Å². The lowest BCUT2D eigenvalue weighted by Gasteiger charge is -2.41. The van der Waals surface area contributed by atoms with E-state index < -0.39 is 8.32 Å². The van der Waals surface area contributed by atoms with Crippen LogP contribution in [0.4, 0.5) is 0 Å². The molecule has 0 aromatic heterocycles. The lowest BCUT2D eigenvalue weighted by molar-refractivity contribution is -0.116. The first-order valence-corrected chi connectivity index (χ1v) is 9.58. The van der Waals surface area contributed by atoms with Crippen LogP contribution in [-0.2, 0) is 9.22 Å². The van der Waals surface area contributed by atoms with E-state index in [4.69, 9.17) is 4.43 Å². The topological polar surface area (TPSA) is 26.3 Å². The molecular formula is C15H26O2Si. The zero-order valence-corrected chi connectivity index (χ0v) is 13.3. The molecule has 2 nitrogen and oxygen atoms in total. The molecule has 3 heteroatoms. The highest BCUT2D eigenvalue weighted by atomic mass is 28.4. The SMILES string of the molecule is C=CC[C@@H]1CC(=O)C=C[C@H]1O[Si](C)(C)C(C)(C)C. The minimum Gasteiger partial charge on any atom is -0.410 e. The zero-order valence-electron chi connectivity index (χ0n) is 12.3. The van der Waals surface area contributed by atoms with Crippen LogP contribution in [0.15, 0.2) is 24.8 Å². The minimum atomic E-state index is -1.78. The number of allylic oxidation sites excluding steroid dienone is 2. The van der Waals surface area contributed by atoms with Crippen LogP contribution in [0.1, 0.15) is 33.6 Å². The fraction of sp³-hybridized carbons (Fsp3) is 0.667. The number of carbonyl (C=O) groups is 1. The molecule has 0 saturated carbocycles. The summed E-state index contributed by atoms with van der Waals surface area (Å²) in [5.74, 6) is 0.464. The van der Waals surface area contributed by atoms with Gasteiger partial charge in [0.25, 0.3) is 0 Å². The van der Waals surface area contributed by atoms with Crippen molar-refractivity contribution in [2.24, 2.45) is 5.92 Å². The Labute approximate surface area is 112 Å². The van der Waals surface area contributed by atoms with Crippen LogP contribution in [0.2, 0.25) is 18.1 Å². The zero-order chi connectivity index (χ0) is 14.0. The second-order valence-corrected chi connectivity index (χ2v) is 11.4. The smallest absolute Gasteiger partial charge is 0.192 e. The van der Waals surface area contributed by atoms with E-state index >= 15 is 0 Å². The van der Waals surface area contributed by atoms with Crippen molar-refractivity contribution in [3.63, 3.8) is 0 Å². The van der Waals surface area contributed by atoms with Gasteiger partial charge in [-0.3, -0.25) is 4.79 Å². The van der Waals surface area contributed by atoms with Crippen LogP contribution >= 0.6 is 0 Å². The largest absolute Gasteiger partial charge is 0.410 e. The Bertz CT molecular complexity index is 350. The molecule has 0 spiro atoms. The van der Waals surface area contributed by atoms with Crippen molar-refractivity contribution in [3.05, 3.63) is 24.8 Å². The van der Waals surface area contributed by atoms with E-state index in [1.807, 2.05) is 12.2 Å². The van der Waals surface area contributed by atoms with Crippen LogP contribution in [0.3, 0.4) is 0 Å². The van der Waals surface area contributed by atoms with Crippen LogP contribution in [0, 0.1) is 5.92 Å². The molecular weight excluding hydrogens is 240 g/mol. The fourth-order valence-corrected chi connectivity index (χ4v) is 3.19. The van der Waals surface area contributed by atoms with Gasteiger partial charge in [-0.2, -0.15) is 0 Å². The minimum absolute atomic E-state index is 0.0709. The highest BCUT2D eigenvalue weighted by molar-refractivity contribution is 6.74. The molecule has 1 rings (SSSR count). The quantitative estimate of drug-likeness (QED) is 0.565. The second kappa shape index (κ2) is 5.53. The molecule has 0 radical (unpaired) electrons. The van der Waals surface area contributed by atoms with Crippen LogP contribution in [0.5, 0.6) is 0 Å². The van der Waals surface area contributed by atoms with Crippen molar-refractivity contribution >= 4 is 14.1 Å². The molecule has 0 aromatic rings. The fourth-order valence-electron chi connectivity index (χ4n) is 1.89. The van der Waals surface area contributed by atoms with E-state index in [-0.39, 0.29) is 22.8 Å². The highest BCUT2D eigenvalue weighted by Crippen LogP contribution is 2.39. The van der Waals surface area contributed by atoms with E-state index in [9.17, 15) is 4.79 Å². The summed E-state index contributed by atoms with van der Waals surface area (Å²) in [5, 5.41) is 0.195. The summed E-state index contributed by atoms with van der Waals surface area (Å²) in [6, 6.07) is 0. The van der Waals surface area contributed by atoms with E-state index in [1.54, 1.807) is 6.08 Å². The molecule has 0 aliphatic heterocycles. The molecule has 0 bridgehead atoms. The number of hydrogen-bond donors (Lipinski definition) is 0. The van der Waals surface area contributed by atoms with Gasteiger partial charge in [-0.15, -0.1) is 6.58 Å². The van der Waals surface area contributed by atoms with Gasteiger partial charge in [0, 0.05) is 6.42 Å². The molecule has 0 unspecified atom stereocenters. The molecule has 1 aliphatic rings. The Morgan fingerprint density at radius 1 is 1.50 bits per heavy atom. The summed E-state index contributed by atoms with van der Waals surface area (Å²) in [6.07, 6.45) is 7.01. The van der Waals surface area contributed by atoms with Gasteiger partial charge in [0.2, 0.25) is 0 Å². The molecule has 0 saturated heterocycles. The molecule has 0 heterocycles. The Balaban J connectivity index is 2.83. The molecule has 0 amide bonds. The Morgan fingerprint density at radius 3 is 2.61 bits per heavy atom. The number of rotatable bonds is 4. The van der Waals surface area contributed by atoms with E-state index in [2.05, 4.69) is 40.4 Å². The van der Waals surface area contributed by atoms with Crippen molar-refractivity contribution in [3.8, 4) is 0 Å². The van der Waals surface area contributed by atoms with Gasteiger partial charge in [-0.25, -0.2) is 0 Å². The second-order valence-electron chi connectivity index (χ2n) is 6.66. The summed E-state index contributed by atoms with van der Waals surface area (Å²) < 4.78 is 6.41. The molecule has 18 heavy (non-hydrogen) atoms. The third-order valence-electron chi connectivity index (χ3n) is 4.11. The average molecular weight is 266 g/mol. The van der Waals surface area contributed by atoms with Crippen LogP contribution < -0.4 is 0 Å². The van der Waals surface area contributed by atoms with Crippen LogP contribution in [-0.4, -0.2) is 20.2 Å². The predicted molar refractivity (Wildman–Crippen MR) is 79.1 cm³/mol. The first-order valence-electron chi connectivity index (χ1n) is 6.67. The molecule has 1 aliphatic carbocycles. The maximum absolute atomic E-state index is 11.5. The normalized spacial score (nSPS) is 25.3. The standard InChI is InChI=1S/C15H26O2Si/c1-7-8-12-11-13(16)9-10-14(12)17-18(5,6)15(2,3)4/h7,9-10,12,14H,1,8,11H2,2-6H3/t12-,14-/m1/s1. The van der Waals surface area contributed by atoms with E-state index in [0.717, 1.165) is 6.42 Å². The lowest BCUT2D eigenvalue weighted by atomic mass is 9.88. The maximum Gasteiger partial charge on any atom is 0.192 e. The summed E-state index contributed by atoms with van der Waals surface area (Å²) in [7, 11) is -1.78. The van der Waals surface area contributed by atoms with E-state index in [1.165, 1.54) is 0 Å². The summed E-state index contributed by atoms with van der Waals surface area (Å²) in [4.78, 5) is 11.5. The maximum atomic E-state index is 11.5. The first kappa shape index (κ1) is 15.4. The Hall–Kier alpha value is -0.673. The predicted octanol–water partition coefficient (Wildman–Crippen LogP) is 4.10. The summed E-state index contributed by atoms with van der Waals surface area (Å²) in [6.45, 7) is 15.0. The molecule has 0 aromatic carbocycles. The molecule has 2 atom stereocenters. The Morgan fingerprint density at radius 2 is 2.11 bits per heavy atom. The van der Waals surface area contributed by atoms with Gasteiger partial charge in [0.05, 0.1) is 6.10 Å². The first-order chi connectivity index (χ1) is 8.17. The van der Waals surface area contributed by atoms with Gasteiger partial charge in [0.15, 0.2) is 14.1 Å². The van der Waals surface area contributed by atoms with Crippen molar-refractivity contribution < 1.29 is 9.22 Å². The van der Waals surface area contributed by atoms with Crippen molar-refractivity contribution in [1.82, 2.24) is 0 Å². The van der Waals surface area contributed by atoms with Gasteiger partial charge < -0.3 is 4.43 Å². The third kappa shape index (κ3) is 3.66. The van der Waals surface area contributed by atoms with Gasteiger partial charge in [-0.1, -0.05) is 32.9 Å². The Kier molecular flexibility index (Phi) is 4.73. The lowest BCUT2D eigenvalue weighted by Crippen LogP contribution is -2.46. The number of ketones is 1. The summed E-state index contributed by atoms with van der Waals surface area (Å²) >= 11 is 0. The van der Waals surface area contributed by atoms with Crippen molar-refractivity contribution in [2.45, 2.75) is 57.8 Å². The third-order valence-corrected chi connectivity index (χ3v) is 8.58. The number of hydrogen-bond acceptors (Lipinski definition) is 2. The summed E-state index contributed by atoms with van der Waals surface area (Å²) in [5.41, 5.74) is 0. The molecule has 102 valence electrons. The van der Waals surface area contributed by atoms with Crippen molar-refractivity contribution in [2.75, 3.05) is 0 Å². The van der Waals surface area contributed by atoms with Gasteiger partial charge >= 0.3 is 0 Å². The van der Waals surface area contributed by atoms with Gasteiger partial charge in [0.1, 0.15) is 0 Å². The molecule has 0 N–H and O–H groups in total. The van der Waals surface area contributed by atoms with Crippen LogP contribution in [0.25, 0.3) is 0 Å². The highest BCUT2D eigenvalue weighted by Gasteiger charge is 2.40. The average Bonchev–Trinajstić information content (AvgIpc) is 2.20. The molecule has 0 fully saturated rings. The number of carbonyl (C=O) groups excluding carboxylic acids is 1. The monoisotopic (exact) mass is 266 g/mol.